The van der Waals surface area contributed by atoms with Crippen molar-refractivity contribution < 1.29 is 15.3 Å². The van der Waals surface area contributed by atoms with E-state index in [1.165, 1.54) is 12.1 Å². The molecule has 0 aliphatic carbocycles. The average Bonchev–Trinajstić information content (AvgIpc) is 2.27. The molecule has 0 heterocycles. The maximum Gasteiger partial charge on any atom is 0.158 e. The molecule has 17 heavy (non-hydrogen) atoms. The molecule has 0 unspecified atom stereocenters. The van der Waals surface area contributed by atoms with Gasteiger partial charge in [0.25, 0.3) is 0 Å². The van der Waals surface area contributed by atoms with E-state index < -0.39 is 0 Å². The van der Waals surface area contributed by atoms with Gasteiger partial charge in [-0.15, -0.1) is 0 Å². The van der Waals surface area contributed by atoms with Crippen molar-refractivity contribution in [3.05, 3.63) is 41.5 Å². The van der Waals surface area contributed by atoms with Crippen LogP contribution in [-0.2, 0) is 0 Å². The van der Waals surface area contributed by atoms with E-state index in [9.17, 15) is 15.3 Å². The van der Waals surface area contributed by atoms with Crippen LogP contribution in [0.15, 0.2) is 30.3 Å². The average molecular weight is 230 g/mol. The molecule has 3 N–H and O–H groups in total. The van der Waals surface area contributed by atoms with Gasteiger partial charge in [0.05, 0.1) is 0 Å². The fraction of sp³-hybridized carbons (Fsp3) is 0.143. The Morgan fingerprint density at radius 3 is 2.18 bits per heavy atom. The SMILES string of the molecule is Cc1cc(O)cc(-c2ccc(O)c(O)c2)c1C. The topological polar surface area (TPSA) is 60.7 Å². The summed E-state index contributed by atoms with van der Waals surface area (Å²) in [5, 5.41) is 28.3. The quantitative estimate of drug-likeness (QED) is 0.660. The number of benzene rings is 2. The summed E-state index contributed by atoms with van der Waals surface area (Å²) in [5.74, 6) is -0.123. The fourth-order valence-electron chi connectivity index (χ4n) is 1.83. The van der Waals surface area contributed by atoms with Gasteiger partial charge in [-0.05, 0) is 60.4 Å². The summed E-state index contributed by atoms with van der Waals surface area (Å²) in [4.78, 5) is 0. The number of phenols is 3. The van der Waals surface area contributed by atoms with Crippen LogP contribution < -0.4 is 0 Å². The molecule has 3 heteroatoms. The number of rotatable bonds is 1. The van der Waals surface area contributed by atoms with Crippen LogP contribution in [0.2, 0.25) is 0 Å². The van der Waals surface area contributed by atoms with Gasteiger partial charge in [-0.2, -0.15) is 0 Å². The summed E-state index contributed by atoms with van der Waals surface area (Å²) in [6.45, 7) is 3.87. The zero-order valence-corrected chi connectivity index (χ0v) is 9.73. The van der Waals surface area contributed by atoms with E-state index in [0.29, 0.717) is 0 Å². The molecule has 0 aliphatic heterocycles. The highest BCUT2D eigenvalue weighted by atomic mass is 16.3. The molecule has 2 aromatic rings. The molecule has 3 nitrogen and oxygen atoms in total. The van der Waals surface area contributed by atoms with Crippen molar-refractivity contribution in [2.24, 2.45) is 0 Å². The minimum Gasteiger partial charge on any atom is -0.508 e. The Bertz CT molecular complexity index is 574. The van der Waals surface area contributed by atoms with E-state index in [2.05, 4.69) is 0 Å². The second kappa shape index (κ2) is 4.01. The number of phenolic OH excluding ortho intramolecular Hbond substituents is 3. The lowest BCUT2D eigenvalue weighted by Crippen LogP contribution is -1.87. The summed E-state index contributed by atoms with van der Waals surface area (Å²) < 4.78 is 0. The minimum absolute atomic E-state index is 0.150. The van der Waals surface area contributed by atoms with E-state index in [4.69, 9.17) is 0 Å². The van der Waals surface area contributed by atoms with Crippen LogP contribution in [0.25, 0.3) is 11.1 Å². The van der Waals surface area contributed by atoms with Gasteiger partial charge >= 0.3 is 0 Å². The Morgan fingerprint density at radius 1 is 0.824 bits per heavy atom. The van der Waals surface area contributed by atoms with Crippen LogP contribution in [-0.4, -0.2) is 15.3 Å². The van der Waals surface area contributed by atoms with Gasteiger partial charge in [0.15, 0.2) is 11.5 Å². The molecule has 0 fully saturated rings. The zero-order valence-electron chi connectivity index (χ0n) is 9.73. The second-order valence-corrected chi connectivity index (χ2v) is 4.14. The maximum absolute atomic E-state index is 9.59. The Kier molecular flexibility index (Phi) is 2.68. The largest absolute Gasteiger partial charge is 0.508 e. The summed E-state index contributed by atoms with van der Waals surface area (Å²) in [6.07, 6.45) is 0. The molecular formula is C14H14O3. The highest BCUT2D eigenvalue weighted by molar-refractivity contribution is 5.72. The van der Waals surface area contributed by atoms with Gasteiger partial charge in [0.1, 0.15) is 5.75 Å². The van der Waals surface area contributed by atoms with Crippen molar-refractivity contribution >= 4 is 0 Å². The second-order valence-electron chi connectivity index (χ2n) is 4.14. The van der Waals surface area contributed by atoms with Gasteiger partial charge in [0, 0.05) is 0 Å². The first kappa shape index (κ1) is 11.3. The van der Waals surface area contributed by atoms with Crippen molar-refractivity contribution in [1.29, 1.82) is 0 Å². The molecule has 2 aromatic carbocycles. The molecule has 0 aliphatic rings. The van der Waals surface area contributed by atoms with Crippen molar-refractivity contribution in [3.63, 3.8) is 0 Å². The first-order valence-electron chi connectivity index (χ1n) is 5.31. The number of aromatic hydroxyl groups is 3. The highest BCUT2D eigenvalue weighted by Gasteiger charge is 2.08. The molecule has 0 aromatic heterocycles. The molecule has 0 spiro atoms. The zero-order chi connectivity index (χ0) is 12.6. The third-order valence-corrected chi connectivity index (χ3v) is 2.94. The summed E-state index contributed by atoms with van der Waals surface area (Å²) in [5.41, 5.74) is 3.62. The van der Waals surface area contributed by atoms with Crippen LogP contribution in [0.3, 0.4) is 0 Å². The molecule has 0 bridgehead atoms. The molecule has 2 rings (SSSR count). The number of hydrogen-bond donors (Lipinski definition) is 3. The molecule has 0 amide bonds. The Morgan fingerprint density at radius 2 is 1.53 bits per heavy atom. The lowest BCUT2D eigenvalue weighted by atomic mass is 9.96. The summed E-state index contributed by atoms with van der Waals surface area (Å²) >= 11 is 0. The van der Waals surface area contributed by atoms with E-state index >= 15 is 0 Å². The normalized spacial score (nSPS) is 10.5. The Hall–Kier alpha value is -2.16. The van der Waals surface area contributed by atoms with Crippen molar-refractivity contribution in [1.82, 2.24) is 0 Å². The molecule has 0 atom stereocenters. The number of hydrogen-bond acceptors (Lipinski definition) is 3. The van der Waals surface area contributed by atoms with Crippen LogP contribution in [0.4, 0.5) is 0 Å². The highest BCUT2D eigenvalue weighted by Crippen LogP contribution is 2.34. The first-order chi connectivity index (χ1) is 7.99. The standard InChI is InChI=1S/C14H14O3/c1-8-5-11(15)7-12(9(8)2)10-3-4-13(16)14(17)6-10/h3-7,15-17H,1-2H3. The fourth-order valence-corrected chi connectivity index (χ4v) is 1.83. The van der Waals surface area contributed by atoms with Crippen LogP contribution in [0, 0.1) is 13.8 Å². The molecule has 0 saturated carbocycles. The lowest BCUT2D eigenvalue weighted by Gasteiger charge is -2.10. The predicted octanol–water partition coefficient (Wildman–Crippen LogP) is 3.09. The molecule has 0 radical (unpaired) electrons. The van der Waals surface area contributed by atoms with E-state index in [1.54, 1.807) is 18.2 Å². The first-order valence-corrected chi connectivity index (χ1v) is 5.31. The Labute approximate surface area is 99.6 Å². The van der Waals surface area contributed by atoms with Gasteiger partial charge in [-0.25, -0.2) is 0 Å². The molecular weight excluding hydrogens is 216 g/mol. The van der Waals surface area contributed by atoms with E-state index in [1.807, 2.05) is 13.8 Å². The Balaban J connectivity index is 2.64. The maximum atomic E-state index is 9.59. The van der Waals surface area contributed by atoms with Gasteiger partial charge in [-0.3, -0.25) is 0 Å². The van der Waals surface area contributed by atoms with Gasteiger partial charge in [0.2, 0.25) is 0 Å². The summed E-state index contributed by atoms with van der Waals surface area (Å²) in [7, 11) is 0. The smallest absolute Gasteiger partial charge is 0.158 e. The van der Waals surface area contributed by atoms with Gasteiger partial charge < -0.3 is 15.3 Å². The lowest BCUT2D eigenvalue weighted by molar-refractivity contribution is 0.404. The monoisotopic (exact) mass is 230 g/mol. The van der Waals surface area contributed by atoms with Crippen LogP contribution >= 0.6 is 0 Å². The minimum atomic E-state index is -0.164. The van der Waals surface area contributed by atoms with E-state index in [0.717, 1.165) is 22.3 Å². The molecule has 0 saturated heterocycles. The van der Waals surface area contributed by atoms with Gasteiger partial charge in [-0.1, -0.05) is 6.07 Å². The molecule has 88 valence electrons. The van der Waals surface area contributed by atoms with Crippen molar-refractivity contribution in [2.45, 2.75) is 13.8 Å². The van der Waals surface area contributed by atoms with Crippen LogP contribution in [0.1, 0.15) is 11.1 Å². The third-order valence-electron chi connectivity index (χ3n) is 2.94. The summed E-state index contributed by atoms with van der Waals surface area (Å²) in [6, 6.07) is 7.96. The number of aryl methyl sites for hydroxylation is 1. The van der Waals surface area contributed by atoms with Crippen molar-refractivity contribution in [3.8, 4) is 28.4 Å². The van der Waals surface area contributed by atoms with Crippen molar-refractivity contribution in [2.75, 3.05) is 0 Å². The van der Waals surface area contributed by atoms with E-state index in [-0.39, 0.29) is 17.2 Å². The predicted molar refractivity (Wildman–Crippen MR) is 66.3 cm³/mol. The van der Waals surface area contributed by atoms with Crippen LogP contribution in [0.5, 0.6) is 17.2 Å². The third kappa shape index (κ3) is 2.04.